The molecule has 0 aliphatic heterocycles. The Balaban J connectivity index is 2.00. The van der Waals surface area contributed by atoms with Gasteiger partial charge >= 0.3 is 0 Å². The van der Waals surface area contributed by atoms with Gasteiger partial charge in [0.05, 0.1) is 10.6 Å². The zero-order valence-electron chi connectivity index (χ0n) is 9.24. The van der Waals surface area contributed by atoms with Crippen molar-refractivity contribution >= 4 is 5.69 Å². The van der Waals surface area contributed by atoms with Gasteiger partial charge in [-0.3, -0.25) is 14.8 Å². The second-order valence-corrected chi connectivity index (χ2v) is 3.49. The van der Waals surface area contributed by atoms with Gasteiger partial charge in [0.2, 0.25) is 0 Å². The lowest BCUT2D eigenvalue weighted by Gasteiger charge is -2.05. The van der Waals surface area contributed by atoms with Crippen LogP contribution >= 0.6 is 0 Å². The molecule has 17 heavy (non-hydrogen) atoms. The van der Waals surface area contributed by atoms with Gasteiger partial charge in [0.15, 0.2) is 0 Å². The van der Waals surface area contributed by atoms with Crippen LogP contribution in [0.2, 0.25) is 0 Å². The van der Waals surface area contributed by atoms with Gasteiger partial charge in [0.1, 0.15) is 12.4 Å². The predicted octanol–water partition coefficient (Wildman–Crippen LogP) is 1.91. The third kappa shape index (κ3) is 2.60. The Hall–Kier alpha value is -2.37. The molecule has 0 spiro atoms. The predicted molar refractivity (Wildman–Crippen MR) is 60.6 cm³/mol. The van der Waals surface area contributed by atoms with E-state index in [1.54, 1.807) is 23.0 Å². The minimum absolute atomic E-state index is 0.0536. The summed E-state index contributed by atoms with van der Waals surface area (Å²) in [6.07, 6.45) is 1.69. The van der Waals surface area contributed by atoms with Crippen molar-refractivity contribution in [3.8, 4) is 5.75 Å². The first kappa shape index (κ1) is 11.1. The number of nitrogens with zero attached hydrogens (tertiary/aromatic N) is 3. The molecule has 0 aliphatic rings. The number of nitro groups is 1. The summed E-state index contributed by atoms with van der Waals surface area (Å²) < 4.78 is 7.20. The largest absolute Gasteiger partial charge is 0.487 e. The van der Waals surface area contributed by atoms with Crippen LogP contribution in [-0.4, -0.2) is 14.7 Å². The second-order valence-electron chi connectivity index (χ2n) is 3.49. The van der Waals surface area contributed by atoms with Crippen molar-refractivity contribution in [3.63, 3.8) is 0 Å². The molecule has 0 radical (unpaired) electrons. The van der Waals surface area contributed by atoms with Crippen LogP contribution in [0.4, 0.5) is 5.69 Å². The minimum atomic E-state index is -0.440. The van der Waals surface area contributed by atoms with Gasteiger partial charge in [0.25, 0.3) is 5.69 Å². The van der Waals surface area contributed by atoms with Gasteiger partial charge in [-0.25, -0.2) is 0 Å². The molecule has 1 aromatic carbocycles. The fourth-order valence-electron chi connectivity index (χ4n) is 1.36. The van der Waals surface area contributed by atoms with E-state index in [4.69, 9.17) is 4.74 Å². The Morgan fingerprint density at radius 2 is 2.06 bits per heavy atom. The van der Waals surface area contributed by atoms with Crippen molar-refractivity contribution < 1.29 is 9.66 Å². The van der Waals surface area contributed by atoms with Gasteiger partial charge in [-0.1, -0.05) is 0 Å². The highest BCUT2D eigenvalue weighted by Gasteiger charge is 2.05. The van der Waals surface area contributed by atoms with Crippen molar-refractivity contribution in [1.29, 1.82) is 0 Å². The third-order valence-electron chi connectivity index (χ3n) is 2.36. The molecule has 88 valence electrons. The zero-order valence-corrected chi connectivity index (χ0v) is 9.24. The lowest BCUT2D eigenvalue weighted by atomic mass is 10.3. The number of hydrogen-bond donors (Lipinski definition) is 0. The average molecular weight is 233 g/mol. The van der Waals surface area contributed by atoms with Crippen LogP contribution in [-0.2, 0) is 13.7 Å². The topological polar surface area (TPSA) is 70.2 Å². The number of ether oxygens (including phenoxy) is 1. The fraction of sp³-hybridized carbons (Fsp3) is 0.182. The molecule has 0 amide bonds. The lowest BCUT2D eigenvalue weighted by molar-refractivity contribution is -0.384. The van der Waals surface area contributed by atoms with Crippen molar-refractivity contribution in [3.05, 3.63) is 52.3 Å². The summed E-state index contributed by atoms with van der Waals surface area (Å²) in [6.45, 7) is 0.383. The van der Waals surface area contributed by atoms with E-state index >= 15 is 0 Å². The van der Waals surface area contributed by atoms with Gasteiger partial charge in [-0.2, -0.15) is 5.10 Å². The van der Waals surface area contributed by atoms with Crippen molar-refractivity contribution in [1.82, 2.24) is 9.78 Å². The van der Waals surface area contributed by atoms with Crippen LogP contribution in [0, 0.1) is 10.1 Å². The van der Waals surface area contributed by atoms with Crippen LogP contribution < -0.4 is 4.74 Å². The highest BCUT2D eigenvalue weighted by atomic mass is 16.6. The summed E-state index contributed by atoms with van der Waals surface area (Å²) in [5, 5.41) is 14.5. The Morgan fingerprint density at radius 3 is 2.59 bits per heavy atom. The average Bonchev–Trinajstić information content (AvgIpc) is 2.73. The van der Waals surface area contributed by atoms with Crippen LogP contribution in [0.25, 0.3) is 0 Å². The molecule has 0 saturated carbocycles. The summed E-state index contributed by atoms with van der Waals surface area (Å²) in [5.74, 6) is 0.594. The maximum absolute atomic E-state index is 10.5. The minimum Gasteiger partial charge on any atom is -0.487 e. The number of nitro benzene ring substituents is 1. The second kappa shape index (κ2) is 4.65. The Labute approximate surface area is 97.6 Å². The van der Waals surface area contributed by atoms with E-state index in [9.17, 15) is 10.1 Å². The van der Waals surface area contributed by atoms with E-state index in [2.05, 4.69) is 5.10 Å². The first-order valence-corrected chi connectivity index (χ1v) is 5.01. The molecule has 0 unspecified atom stereocenters. The standard InChI is InChI=1S/C11H11N3O3/c1-13-10(6-7-12-13)8-17-11-4-2-9(3-5-11)14(15)16/h2-7H,8H2,1H3. The molecule has 1 heterocycles. The molecular formula is C11H11N3O3. The monoisotopic (exact) mass is 233 g/mol. The molecule has 0 aliphatic carbocycles. The first-order chi connectivity index (χ1) is 8.16. The summed E-state index contributed by atoms with van der Waals surface area (Å²) in [4.78, 5) is 10.0. The number of rotatable bonds is 4. The van der Waals surface area contributed by atoms with Crippen LogP contribution in [0.5, 0.6) is 5.75 Å². The van der Waals surface area contributed by atoms with Crippen LogP contribution in [0.1, 0.15) is 5.69 Å². The Kier molecular flexibility index (Phi) is 3.04. The molecule has 0 N–H and O–H groups in total. The lowest BCUT2D eigenvalue weighted by Crippen LogP contribution is -2.02. The molecule has 1 aromatic heterocycles. The van der Waals surface area contributed by atoms with Gasteiger partial charge < -0.3 is 4.74 Å². The maximum Gasteiger partial charge on any atom is 0.269 e. The smallest absolute Gasteiger partial charge is 0.269 e. The quantitative estimate of drug-likeness (QED) is 0.597. The maximum atomic E-state index is 10.5. The van der Waals surface area contributed by atoms with Gasteiger partial charge in [0, 0.05) is 25.4 Å². The summed E-state index contributed by atoms with van der Waals surface area (Å²) >= 11 is 0. The number of non-ortho nitro benzene ring substituents is 1. The van der Waals surface area contributed by atoms with Crippen LogP contribution in [0.15, 0.2) is 36.5 Å². The molecule has 0 fully saturated rings. The van der Waals surface area contributed by atoms with E-state index in [0.717, 1.165) is 5.69 Å². The normalized spacial score (nSPS) is 10.2. The molecule has 0 atom stereocenters. The SMILES string of the molecule is Cn1nccc1COc1ccc([N+](=O)[O-])cc1. The molecule has 0 saturated heterocycles. The fourth-order valence-corrected chi connectivity index (χ4v) is 1.36. The van der Waals surface area contributed by atoms with Gasteiger partial charge in [-0.15, -0.1) is 0 Å². The Bertz CT molecular complexity index is 519. The third-order valence-corrected chi connectivity index (χ3v) is 2.36. The number of hydrogen-bond acceptors (Lipinski definition) is 4. The van der Waals surface area contributed by atoms with E-state index in [1.807, 2.05) is 13.1 Å². The summed E-state index contributed by atoms with van der Waals surface area (Å²) in [5.41, 5.74) is 0.987. The van der Waals surface area contributed by atoms with Crippen molar-refractivity contribution in [2.45, 2.75) is 6.61 Å². The number of benzene rings is 1. The zero-order chi connectivity index (χ0) is 12.3. The summed E-state index contributed by atoms with van der Waals surface area (Å²) in [6, 6.07) is 7.84. The molecule has 6 heteroatoms. The molecule has 0 bridgehead atoms. The molecule has 6 nitrogen and oxygen atoms in total. The van der Waals surface area contributed by atoms with E-state index in [1.165, 1.54) is 12.1 Å². The number of aryl methyl sites for hydroxylation is 1. The molecule has 2 rings (SSSR count). The van der Waals surface area contributed by atoms with Crippen molar-refractivity contribution in [2.75, 3.05) is 0 Å². The first-order valence-electron chi connectivity index (χ1n) is 5.01. The van der Waals surface area contributed by atoms with E-state index < -0.39 is 4.92 Å². The van der Waals surface area contributed by atoms with Gasteiger partial charge in [-0.05, 0) is 18.2 Å². The van der Waals surface area contributed by atoms with Crippen LogP contribution in [0.3, 0.4) is 0 Å². The highest BCUT2D eigenvalue weighted by Crippen LogP contribution is 2.18. The van der Waals surface area contributed by atoms with Crippen molar-refractivity contribution in [2.24, 2.45) is 7.05 Å². The Morgan fingerprint density at radius 1 is 1.35 bits per heavy atom. The van der Waals surface area contributed by atoms with E-state index in [0.29, 0.717) is 12.4 Å². The van der Waals surface area contributed by atoms with E-state index in [-0.39, 0.29) is 5.69 Å². The number of aromatic nitrogens is 2. The highest BCUT2D eigenvalue weighted by molar-refractivity contribution is 5.36. The molecule has 2 aromatic rings. The molecular weight excluding hydrogens is 222 g/mol. The summed E-state index contributed by atoms with van der Waals surface area (Å²) in [7, 11) is 1.83.